The third-order valence-electron chi connectivity index (χ3n) is 3.99. The van der Waals surface area contributed by atoms with Crippen LogP contribution in [0.4, 0.5) is 0 Å². The first-order chi connectivity index (χ1) is 9.77. The number of aliphatic carboxylic acids is 1. The van der Waals surface area contributed by atoms with Crippen LogP contribution in [0.25, 0.3) is 0 Å². The number of hydrogen-bond donors (Lipinski definition) is 1. The Morgan fingerprint density at radius 1 is 0.636 bits per heavy atom. The molecule has 0 aromatic rings. The molecule has 2 nitrogen and oxygen atoms in total. The molecule has 0 atom stereocenters. The predicted molar refractivity (Wildman–Crippen MR) is 93.9 cm³/mol. The number of rotatable bonds is 16. The normalized spacial score (nSPS) is 9.86. The molecular weight excluding hydrogens is 326 g/mol. The molecule has 0 rings (SSSR count). The predicted octanol–water partition coefficient (Wildman–Crippen LogP) is 6.97. The molecule has 0 aromatic carbocycles. The van der Waals surface area contributed by atoms with Crippen molar-refractivity contribution >= 4 is 5.97 Å². The molecule has 130 valence electrons. The van der Waals surface area contributed by atoms with Gasteiger partial charge in [0.05, 0.1) is 0 Å². The van der Waals surface area contributed by atoms with E-state index in [-0.39, 0.29) is 26.9 Å². The summed E-state index contributed by atoms with van der Waals surface area (Å²) >= 11 is 0. The fourth-order valence-electron chi connectivity index (χ4n) is 2.65. The summed E-state index contributed by atoms with van der Waals surface area (Å²) in [6.07, 6.45) is 20.2. The van der Waals surface area contributed by atoms with E-state index in [1.54, 1.807) is 0 Å². The van der Waals surface area contributed by atoms with Crippen molar-refractivity contribution < 1.29 is 29.4 Å². The first-order valence-corrected chi connectivity index (χ1v) is 8.99. The van der Waals surface area contributed by atoms with Gasteiger partial charge in [0.2, 0.25) is 0 Å². The summed E-state index contributed by atoms with van der Waals surface area (Å²) in [6, 6.07) is 0. The SMILES string of the molecule is C.CCCCCCCCCCCCCCCCCC(=O)O.[Zn]. The molecule has 1 N–H and O–H groups in total. The van der Waals surface area contributed by atoms with Gasteiger partial charge in [0.15, 0.2) is 0 Å². The van der Waals surface area contributed by atoms with E-state index in [1.807, 2.05) is 0 Å². The fraction of sp³-hybridized carbons (Fsp3) is 0.947. The third-order valence-corrected chi connectivity index (χ3v) is 3.99. The van der Waals surface area contributed by atoms with E-state index in [1.165, 1.54) is 83.5 Å². The second-order valence-corrected chi connectivity index (χ2v) is 6.09. The molecule has 22 heavy (non-hydrogen) atoms. The second kappa shape index (κ2) is 23.4. The first kappa shape index (κ1) is 27.0. The topological polar surface area (TPSA) is 37.3 Å². The second-order valence-electron chi connectivity index (χ2n) is 6.09. The van der Waals surface area contributed by atoms with Crippen LogP contribution in [0.15, 0.2) is 0 Å². The zero-order valence-corrected chi connectivity index (χ0v) is 17.3. The average Bonchev–Trinajstić information content (AvgIpc) is 2.43. The van der Waals surface area contributed by atoms with Crippen molar-refractivity contribution in [3.63, 3.8) is 0 Å². The van der Waals surface area contributed by atoms with Gasteiger partial charge in [0.1, 0.15) is 0 Å². The minimum Gasteiger partial charge on any atom is -0.481 e. The minimum atomic E-state index is -0.653. The average molecular weight is 366 g/mol. The van der Waals surface area contributed by atoms with E-state index in [0.29, 0.717) is 6.42 Å². The molecule has 0 amide bonds. The number of unbranched alkanes of at least 4 members (excludes halogenated alkanes) is 14. The molecule has 0 aliphatic carbocycles. The molecule has 0 aliphatic heterocycles. The van der Waals surface area contributed by atoms with Crippen molar-refractivity contribution in [2.75, 3.05) is 0 Å². The molecule has 0 fully saturated rings. The number of carboxylic acid groups (broad SMARTS) is 1. The summed E-state index contributed by atoms with van der Waals surface area (Å²) in [7, 11) is 0. The first-order valence-electron chi connectivity index (χ1n) is 8.99. The minimum absolute atomic E-state index is 0. The fourth-order valence-corrected chi connectivity index (χ4v) is 2.65. The third kappa shape index (κ3) is 25.1. The van der Waals surface area contributed by atoms with Crippen LogP contribution in [-0.2, 0) is 24.3 Å². The molecule has 0 heterocycles. The van der Waals surface area contributed by atoms with Crippen LogP contribution < -0.4 is 0 Å². The largest absolute Gasteiger partial charge is 0.481 e. The zero-order valence-electron chi connectivity index (χ0n) is 14.4. The van der Waals surface area contributed by atoms with Gasteiger partial charge in [-0.3, -0.25) is 4.79 Å². The molecule has 0 saturated carbocycles. The molecule has 0 spiro atoms. The van der Waals surface area contributed by atoms with Crippen molar-refractivity contribution in [1.29, 1.82) is 0 Å². The maximum Gasteiger partial charge on any atom is 0.303 e. The van der Waals surface area contributed by atoms with Crippen LogP contribution in [0, 0.1) is 0 Å². The Hall–Kier alpha value is 0.0934. The maximum atomic E-state index is 10.3. The quantitative estimate of drug-likeness (QED) is 0.237. The molecule has 0 aliphatic rings. The summed E-state index contributed by atoms with van der Waals surface area (Å²) in [5.41, 5.74) is 0. The molecule has 3 heteroatoms. The van der Waals surface area contributed by atoms with E-state index in [9.17, 15) is 4.79 Å². The van der Waals surface area contributed by atoms with Crippen molar-refractivity contribution in [1.82, 2.24) is 0 Å². The monoisotopic (exact) mass is 364 g/mol. The van der Waals surface area contributed by atoms with Crippen molar-refractivity contribution in [2.24, 2.45) is 0 Å². The summed E-state index contributed by atoms with van der Waals surface area (Å²) in [5, 5.41) is 8.52. The van der Waals surface area contributed by atoms with Crippen molar-refractivity contribution in [3.8, 4) is 0 Å². The summed E-state index contributed by atoms with van der Waals surface area (Å²) in [6.45, 7) is 2.27. The van der Waals surface area contributed by atoms with E-state index < -0.39 is 5.97 Å². The summed E-state index contributed by atoms with van der Waals surface area (Å²) in [5.74, 6) is -0.653. The van der Waals surface area contributed by atoms with Crippen LogP contribution in [0.1, 0.15) is 117 Å². The van der Waals surface area contributed by atoms with E-state index in [2.05, 4.69) is 6.92 Å². The van der Waals surface area contributed by atoms with Gasteiger partial charge in [-0.2, -0.15) is 0 Å². The van der Waals surface area contributed by atoms with Gasteiger partial charge in [-0.25, -0.2) is 0 Å². The molecule has 0 aromatic heterocycles. The number of carboxylic acids is 1. The van der Waals surface area contributed by atoms with Gasteiger partial charge in [-0.1, -0.05) is 104 Å². The van der Waals surface area contributed by atoms with Gasteiger partial charge < -0.3 is 5.11 Å². The Bertz CT molecular complexity index is 208. The van der Waals surface area contributed by atoms with Crippen molar-refractivity contribution in [3.05, 3.63) is 0 Å². The molecule has 0 radical (unpaired) electrons. The van der Waals surface area contributed by atoms with Gasteiger partial charge in [-0.05, 0) is 6.42 Å². The van der Waals surface area contributed by atoms with E-state index in [0.717, 1.165) is 12.8 Å². The molecule has 0 bridgehead atoms. The zero-order chi connectivity index (χ0) is 14.9. The van der Waals surface area contributed by atoms with Crippen LogP contribution >= 0.6 is 0 Å². The van der Waals surface area contributed by atoms with Crippen molar-refractivity contribution in [2.45, 2.75) is 117 Å². The van der Waals surface area contributed by atoms with E-state index >= 15 is 0 Å². The maximum absolute atomic E-state index is 10.3. The van der Waals surface area contributed by atoms with Gasteiger partial charge in [0, 0.05) is 25.9 Å². The molecule has 0 saturated heterocycles. The Labute approximate surface area is 152 Å². The summed E-state index contributed by atoms with van der Waals surface area (Å²) in [4.78, 5) is 10.3. The smallest absolute Gasteiger partial charge is 0.303 e. The van der Waals surface area contributed by atoms with Crippen LogP contribution in [-0.4, -0.2) is 11.1 Å². The summed E-state index contributed by atoms with van der Waals surface area (Å²) < 4.78 is 0. The Kier molecular flexibility index (Phi) is 28.6. The standard InChI is InChI=1S/C18H36O2.CH4.Zn/c1-2-3-4-5-6-7-8-9-10-11-12-13-14-15-16-17-18(19)20;;/h2-17H2,1H3,(H,19,20);1H4;. The van der Waals surface area contributed by atoms with Crippen LogP contribution in [0.2, 0.25) is 0 Å². The number of carbonyl (C=O) groups is 1. The number of hydrogen-bond acceptors (Lipinski definition) is 1. The Morgan fingerprint density at radius 3 is 1.18 bits per heavy atom. The van der Waals surface area contributed by atoms with Crippen LogP contribution in [0.3, 0.4) is 0 Å². The van der Waals surface area contributed by atoms with E-state index in [4.69, 9.17) is 5.11 Å². The molecular formula is C19H40O2Zn. The molecule has 0 unspecified atom stereocenters. The Balaban J connectivity index is -0.00000180. The van der Waals surface area contributed by atoms with Gasteiger partial charge in [-0.15, -0.1) is 0 Å². The van der Waals surface area contributed by atoms with Crippen LogP contribution in [0.5, 0.6) is 0 Å². The Morgan fingerprint density at radius 2 is 0.909 bits per heavy atom. The van der Waals surface area contributed by atoms with Gasteiger partial charge in [0.25, 0.3) is 0 Å². The van der Waals surface area contributed by atoms with Gasteiger partial charge >= 0.3 is 5.97 Å².